The van der Waals surface area contributed by atoms with Crippen LogP contribution < -0.4 is 15.1 Å². The number of amides is 3. The molecular formula is C23H29N3O4S. The van der Waals surface area contributed by atoms with Crippen LogP contribution in [0.2, 0.25) is 0 Å². The van der Waals surface area contributed by atoms with Gasteiger partial charge in [0, 0.05) is 26.3 Å². The fourth-order valence-corrected chi connectivity index (χ4v) is 4.39. The van der Waals surface area contributed by atoms with Gasteiger partial charge in [-0.2, -0.15) is 0 Å². The van der Waals surface area contributed by atoms with E-state index in [2.05, 4.69) is 5.32 Å². The predicted octanol–water partition coefficient (Wildman–Crippen LogP) is 3.68. The van der Waals surface area contributed by atoms with E-state index in [0.717, 1.165) is 11.1 Å². The maximum atomic E-state index is 12.9. The summed E-state index contributed by atoms with van der Waals surface area (Å²) in [7, 11) is -3.28. The number of benzene rings is 2. The molecule has 0 radical (unpaired) electrons. The topological polar surface area (TPSA) is 86.8 Å². The second-order valence-corrected chi connectivity index (χ2v) is 10.4. The number of nitrogens with one attached hydrogen (secondary N) is 1. The first-order valence-corrected chi connectivity index (χ1v) is 12.2. The molecule has 0 aliphatic carbocycles. The van der Waals surface area contributed by atoms with Gasteiger partial charge >= 0.3 is 6.03 Å². The molecule has 7 nitrogen and oxygen atoms in total. The maximum Gasteiger partial charge on any atom is 0.322 e. The average Bonchev–Trinajstić information content (AvgIpc) is 2.70. The molecule has 3 rings (SSSR count). The molecule has 0 saturated heterocycles. The van der Waals surface area contributed by atoms with E-state index in [4.69, 9.17) is 0 Å². The van der Waals surface area contributed by atoms with E-state index in [0.29, 0.717) is 30.4 Å². The first-order chi connectivity index (χ1) is 14.5. The van der Waals surface area contributed by atoms with Crippen molar-refractivity contribution in [2.75, 3.05) is 29.1 Å². The highest BCUT2D eigenvalue weighted by Gasteiger charge is 2.33. The van der Waals surface area contributed by atoms with Gasteiger partial charge in [-0.1, -0.05) is 32.0 Å². The van der Waals surface area contributed by atoms with Gasteiger partial charge in [0.25, 0.3) is 0 Å². The number of carbonyl (C=O) groups is 2. The Labute approximate surface area is 184 Å². The number of hydrogen-bond donors (Lipinski definition) is 1. The van der Waals surface area contributed by atoms with Gasteiger partial charge in [0.05, 0.1) is 22.3 Å². The molecule has 1 aliphatic rings. The summed E-state index contributed by atoms with van der Waals surface area (Å²) in [4.78, 5) is 28.9. The van der Waals surface area contributed by atoms with E-state index >= 15 is 0 Å². The van der Waals surface area contributed by atoms with Crippen LogP contribution in [0.5, 0.6) is 0 Å². The second-order valence-electron chi connectivity index (χ2n) is 8.43. The van der Waals surface area contributed by atoms with Crippen molar-refractivity contribution in [3.05, 3.63) is 42.5 Å². The minimum absolute atomic E-state index is 0.0822. The third-order valence-electron chi connectivity index (χ3n) is 5.28. The smallest absolute Gasteiger partial charge is 0.322 e. The SMILES string of the molecule is CC(=O)N1c2ccc(-c3ccc(S(C)(=O)=O)cc3)cc2N(C(=O)NCC(C)C)C[C@@H]1C. The summed E-state index contributed by atoms with van der Waals surface area (Å²) in [5.74, 6) is 0.236. The number of fused-ring (bicyclic) bond motifs is 1. The van der Waals surface area contributed by atoms with Crippen LogP contribution in [0.1, 0.15) is 27.7 Å². The van der Waals surface area contributed by atoms with Gasteiger partial charge in [-0.25, -0.2) is 13.2 Å². The molecule has 2 aromatic carbocycles. The van der Waals surface area contributed by atoms with Crippen LogP contribution in [0, 0.1) is 5.92 Å². The van der Waals surface area contributed by atoms with Crippen molar-refractivity contribution in [2.24, 2.45) is 5.92 Å². The molecule has 1 atom stereocenters. The van der Waals surface area contributed by atoms with Crippen molar-refractivity contribution in [3.8, 4) is 11.1 Å². The summed E-state index contributed by atoms with van der Waals surface area (Å²) in [6, 6.07) is 11.9. The monoisotopic (exact) mass is 443 g/mol. The van der Waals surface area contributed by atoms with E-state index in [1.165, 1.54) is 13.2 Å². The van der Waals surface area contributed by atoms with Gasteiger partial charge in [0.1, 0.15) is 0 Å². The standard InChI is InChI=1S/C23H29N3O4S/c1-15(2)13-24-23(28)25-14-16(3)26(17(4)27)21-11-8-19(12-22(21)25)18-6-9-20(10-7-18)31(5,29)30/h6-12,15-16H,13-14H2,1-5H3,(H,24,28)/t16-/m0/s1. The zero-order chi connectivity index (χ0) is 22.9. The zero-order valence-electron chi connectivity index (χ0n) is 18.5. The van der Waals surface area contributed by atoms with E-state index < -0.39 is 9.84 Å². The molecule has 8 heteroatoms. The third-order valence-corrected chi connectivity index (χ3v) is 6.40. The average molecular weight is 444 g/mol. The minimum Gasteiger partial charge on any atom is -0.337 e. The molecule has 0 fully saturated rings. The summed E-state index contributed by atoms with van der Waals surface area (Å²) in [5, 5.41) is 2.96. The van der Waals surface area contributed by atoms with Crippen LogP contribution in [-0.2, 0) is 14.6 Å². The van der Waals surface area contributed by atoms with Crippen LogP contribution in [0.4, 0.5) is 16.2 Å². The Morgan fingerprint density at radius 2 is 1.68 bits per heavy atom. The third kappa shape index (κ3) is 4.90. The molecule has 1 heterocycles. The number of rotatable bonds is 4. The summed E-state index contributed by atoms with van der Waals surface area (Å²) in [6.07, 6.45) is 1.17. The normalized spacial score (nSPS) is 16.3. The maximum absolute atomic E-state index is 12.9. The highest BCUT2D eigenvalue weighted by atomic mass is 32.2. The Bertz CT molecular complexity index is 1090. The number of hydrogen-bond acceptors (Lipinski definition) is 4. The number of urea groups is 1. The lowest BCUT2D eigenvalue weighted by Crippen LogP contribution is -2.54. The molecule has 1 aliphatic heterocycles. The van der Waals surface area contributed by atoms with Gasteiger partial charge in [-0.15, -0.1) is 0 Å². The van der Waals surface area contributed by atoms with E-state index in [1.54, 1.807) is 34.1 Å². The summed E-state index contributed by atoms with van der Waals surface area (Å²) in [6.45, 7) is 8.44. The molecule has 31 heavy (non-hydrogen) atoms. The van der Waals surface area contributed by atoms with E-state index in [-0.39, 0.29) is 22.9 Å². The van der Waals surface area contributed by atoms with Gasteiger partial charge in [-0.05, 0) is 48.2 Å². The number of anilines is 2. The van der Waals surface area contributed by atoms with Crippen LogP contribution in [-0.4, -0.2) is 45.7 Å². The fraction of sp³-hybridized carbons (Fsp3) is 0.391. The van der Waals surface area contributed by atoms with Gasteiger partial charge in [0.2, 0.25) is 5.91 Å². The number of sulfone groups is 1. The van der Waals surface area contributed by atoms with E-state index in [9.17, 15) is 18.0 Å². The van der Waals surface area contributed by atoms with Crippen molar-refractivity contribution >= 4 is 33.2 Å². The Kier molecular flexibility index (Phi) is 6.40. The van der Waals surface area contributed by atoms with E-state index in [1.807, 2.05) is 39.0 Å². The van der Waals surface area contributed by atoms with Gasteiger partial charge < -0.3 is 10.2 Å². The van der Waals surface area contributed by atoms with Crippen LogP contribution in [0.3, 0.4) is 0 Å². The van der Waals surface area contributed by atoms with Crippen molar-refractivity contribution in [1.82, 2.24) is 5.32 Å². The lowest BCUT2D eigenvalue weighted by Gasteiger charge is -2.41. The first-order valence-electron chi connectivity index (χ1n) is 10.3. The highest BCUT2D eigenvalue weighted by molar-refractivity contribution is 7.90. The van der Waals surface area contributed by atoms with Crippen LogP contribution in [0.15, 0.2) is 47.4 Å². The zero-order valence-corrected chi connectivity index (χ0v) is 19.4. The molecule has 1 N–H and O–H groups in total. The van der Waals surface area contributed by atoms with Crippen molar-refractivity contribution in [2.45, 2.75) is 38.6 Å². The Hall–Kier alpha value is -2.87. The Balaban J connectivity index is 2.04. The molecule has 2 aromatic rings. The lowest BCUT2D eigenvalue weighted by atomic mass is 10.0. The molecule has 166 valence electrons. The molecule has 0 spiro atoms. The van der Waals surface area contributed by atoms with Crippen molar-refractivity contribution < 1.29 is 18.0 Å². The van der Waals surface area contributed by atoms with Crippen molar-refractivity contribution in [3.63, 3.8) is 0 Å². The highest BCUT2D eigenvalue weighted by Crippen LogP contribution is 2.39. The molecule has 3 amide bonds. The summed E-state index contributed by atoms with van der Waals surface area (Å²) in [5.41, 5.74) is 2.99. The molecule has 0 bridgehead atoms. The van der Waals surface area contributed by atoms with Gasteiger partial charge in [0.15, 0.2) is 9.84 Å². The van der Waals surface area contributed by atoms with Crippen molar-refractivity contribution in [1.29, 1.82) is 0 Å². The van der Waals surface area contributed by atoms with Crippen LogP contribution in [0.25, 0.3) is 11.1 Å². The summed E-state index contributed by atoms with van der Waals surface area (Å²) < 4.78 is 23.5. The van der Waals surface area contributed by atoms with Gasteiger partial charge in [-0.3, -0.25) is 9.69 Å². The summed E-state index contributed by atoms with van der Waals surface area (Å²) >= 11 is 0. The largest absolute Gasteiger partial charge is 0.337 e. The van der Waals surface area contributed by atoms with Crippen LogP contribution >= 0.6 is 0 Å². The number of carbonyl (C=O) groups excluding carboxylic acids is 2. The fourth-order valence-electron chi connectivity index (χ4n) is 3.76. The lowest BCUT2D eigenvalue weighted by molar-refractivity contribution is -0.117. The second kappa shape index (κ2) is 8.70. The minimum atomic E-state index is -3.28. The molecule has 0 unspecified atom stereocenters. The molecule has 0 saturated carbocycles. The predicted molar refractivity (Wildman–Crippen MR) is 123 cm³/mol. The Morgan fingerprint density at radius 3 is 2.23 bits per heavy atom. The molecule has 0 aromatic heterocycles. The quantitative estimate of drug-likeness (QED) is 0.781. The number of nitrogens with zero attached hydrogens (tertiary/aromatic N) is 2. The Morgan fingerprint density at radius 1 is 1.06 bits per heavy atom. The molecular weight excluding hydrogens is 414 g/mol. The first kappa shape index (κ1) is 22.8.